The van der Waals surface area contributed by atoms with Gasteiger partial charge in [0, 0.05) is 56.9 Å². The standard InChI is InChI=1S/C30H33N3O3/c1-2-32(28-13-6-10-25-9-3-4-12-27(25)28)23-24-8-5-11-26(22-24)35-21-19-31-15-17-33(18-16-31)30(34)29-14-7-20-36-29/h3-14,20,22H,2,15-19,21,23H2,1H3. The molecule has 6 nitrogen and oxygen atoms in total. The molecule has 6 heteroatoms. The van der Waals surface area contributed by atoms with E-state index in [1.807, 2.05) is 11.0 Å². The van der Waals surface area contributed by atoms with Crippen molar-refractivity contribution in [2.24, 2.45) is 0 Å². The van der Waals surface area contributed by atoms with Gasteiger partial charge in [0.25, 0.3) is 5.91 Å². The Kier molecular flexibility index (Phi) is 7.52. The Balaban J connectivity index is 1.13. The molecule has 0 saturated carbocycles. The zero-order chi connectivity index (χ0) is 24.7. The van der Waals surface area contributed by atoms with Crippen molar-refractivity contribution >= 4 is 22.4 Å². The molecule has 1 aliphatic rings. The lowest BCUT2D eigenvalue weighted by Gasteiger charge is -2.34. The Morgan fingerprint density at radius 3 is 2.56 bits per heavy atom. The normalized spacial score (nSPS) is 14.2. The number of ether oxygens (including phenoxy) is 1. The number of hydrogen-bond acceptors (Lipinski definition) is 5. The van der Waals surface area contributed by atoms with E-state index in [2.05, 4.69) is 77.4 Å². The highest BCUT2D eigenvalue weighted by molar-refractivity contribution is 5.94. The van der Waals surface area contributed by atoms with Gasteiger partial charge in [0.2, 0.25) is 0 Å². The summed E-state index contributed by atoms with van der Waals surface area (Å²) >= 11 is 0. The molecule has 3 aromatic carbocycles. The van der Waals surface area contributed by atoms with Gasteiger partial charge in [-0.3, -0.25) is 9.69 Å². The fourth-order valence-corrected chi connectivity index (χ4v) is 4.83. The maximum Gasteiger partial charge on any atom is 0.289 e. The van der Waals surface area contributed by atoms with Crippen LogP contribution in [0.3, 0.4) is 0 Å². The summed E-state index contributed by atoms with van der Waals surface area (Å²) < 4.78 is 11.4. The van der Waals surface area contributed by atoms with Crippen LogP contribution in [-0.2, 0) is 6.54 Å². The van der Waals surface area contributed by atoms with Crippen LogP contribution < -0.4 is 9.64 Å². The average molecular weight is 484 g/mol. The molecule has 0 bridgehead atoms. The van der Waals surface area contributed by atoms with Crippen molar-refractivity contribution in [3.05, 3.63) is 96.4 Å². The van der Waals surface area contributed by atoms with E-state index in [0.29, 0.717) is 25.5 Å². The van der Waals surface area contributed by atoms with Gasteiger partial charge >= 0.3 is 0 Å². The second-order valence-electron chi connectivity index (χ2n) is 9.12. The molecule has 4 aromatic rings. The molecule has 0 radical (unpaired) electrons. The average Bonchev–Trinajstić information content (AvgIpc) is 3.47. The van der Waals surface area contributed by atoms with E-state index in [1.165, 1.54) is 22.0 Å². The minimum absolute atomic E-state index is 0.0302. The number of piperazine rings is 1. The largest absolute Gasteiger partial charge is 0.492 e. The van der Waals surface area contributed by atoms with Gasteiger partial charge in [-0.1, -0.05) is 48.5 Å². The summed E-state index contributed by atoms with van der Waals surface area (Å²) in [5, 5.41) is 2.54. The van der Waals surface area contributed by atoms with E-state index >= 15 is 0 Å². The molecular formula is C30H33N3O3. The fourth-order valence-electron chi connectivity index (χ4n) is 4.83. The fraction of sp³-hybridized carbons (Fsp3) is 0.300. The van der Waals surface area contributed by atoms with Gasteiger partial charge in [-0.15, -0.1) is 0 Å². The molecule has 0 N–H and O–H groups in total. The minimum atomic E-state index is -0.0302. The van der Waals surface area contributed by atoms with E-state index in [1.54, 1.807) is 18.4 Å². The summed E-state index contributed by atoms with van der Waals surface area (Å²) in [5.74, 6) is 1.28. The van der Waals surface area contributed by atoms with Crippen LogP contribution in [0.1, 0.15) is 23.0 Å². The molecule has 5 rings (SSSR count). The first-order valence-corrected chi connectivity index (χ1v) is 12.7. The van der Waals surface area contributed by atoms with Gasteiger partial charge in [-0.25, -0.2) is 0 Å². The predicted molar refractivity (Wildman–Crippen MR) is 144 cm³/mol. The quantitative estimate of drug-likeness (QED) is 0.324. The first-order chi connectivity index (χ1) is 17.7. The summed E-state index contributed by atoms with van der Waals surface area (Å²) in [4.78, 5) is 19.0. The van der Waals surface area contributed by atoms with Crippen LogP contribution in [0.25, 0.3) is 10.8 Å². The first-order valence-electron chi connectivity index (χ1n) is 12.7. The van der Waals surface area contributed by atoms with Crippen LogP contribution in [0.2, 0.25) is 0 Å². The molecule has 0 unspecified atom stereocenters. The first kappa shape index (κ1) is 23.9. The molecule has 186 valence electrons. The Morgan fingerprint density at radius 2 is 1.75 bits per heavy atom. The maximum absolute atomic E-state index is 12.4. The summed E-state index contributed by atoms with van der Waals surface area (Å²) in [5.41, 5.74) is 2.49. The summed E-state index contributed by atoms with van der Waals surface area (Å²) in [7, 11) is 0. The Hall–Kier alpha value is -3.77. The number of carbonyl (C=O) groups excluding carboxylic acids is 1. The molecule has 0 aliphatic carbocycles. The number of fused-ring (bicyclic) bond motifs is 1. The van der Waals surface area contributed by atoms with E-state index in [0.717, 1.165) is 38.5 Å². The lowest BCUT2D eigenvalue weighted by atomic mass is 10.1. The van der Waals surface area contributed by atoms with Crippen molar-refractivity contribution in [3.63, 3.8) is 0 Å². The van der Waals surface area contributed by atoms with Gasteiger partial charge < -0.3 is 19.0 Å². The lowest BCUT2D eigenvalue weighted by Crippen LogP contribution is -2.49. The predicted octanol–water partition coefficient (Wildman–Crippen LogP) is 5.30. The van der Waals surface area contributed by atoms with E-state index < -0.39 is 0 Å². The van der Waals surface area contributed by atoms with Crippen molar-refractivity contribution < 1.29 is 13.9 Å². The highest BCUT2D eigenvalue weighted by Gasteiger charge is 2.23. The summed E-state index contributed by atoms with van der Waals surface area (Å²) in [6, 6.07) is 26.9. The maximum atomic E-state index is 12.4. The van der Waals surface area contributed by atoms with Crippen LogP contribution in [0.5, 0.6) is 5.75 Å². The minimum Gasteiger partial charge on any atom is -0.492 e. The second kappa shape index (κ2) is 11.3. The number of benzene rings is 3. The summed E-state index contributed by atoms with van der Waals surface area (Å²) in [6.07, 6.45) is 1.54. The highest BCUT2D eigenvalue weighted by atomic mass is 16.5. The molecule has 0 atom stereocenters. The zero-order valence-corrected chi connectivity index (χ0v) is 20.8. The zero-order valence-electron chi connectivity index (χ0n) is 20.8. The molecular weight excluding hydrogens is 450 g/mol. The SMILES string of the molecule is CCN(Cc1cccc(OCCN2CCN(C(=O)c3ccco3)CC2)c1)c1cccc2ccccc12. The molecule has 1 aliphatic heterocycles. The number of furan rings is 1. The van der Waals surface area contributed by atoms with Crippen LogP contribution in [-0.4, -0.2) is 61.6 Å². The Morgan fingerprint density at radius 1 is 0.944 bits per heavy atom. The molecule has 1 amide bonds. The number of amides is 1. The van der Waals surface area contributed by atoms with Crippen LogP contribution >= 0.6 is 0 Å². The van der Waals surface area contributed by atoms with Gasteiger partial charge in [-0.05, 0) is 48.2 Å². The van der Waals surface area contributed by atoms with Crippen molar-refractivity contribution in [2.75, 3.05) is 50.8 Å². The van der Waals surface area contributed by atoms with Crippen molar-refractivity contribution in [1.29, 1.82) is 0 Å². The third kappa shape index (κ3) is 5.55. The number of anilines is 1. The van der Waals surface area contributed by atoms with Gasteiger partial charge in [0.1, 0.15) is 12.4 Å². The number of hydrogen-bond donors (Lipinski definition) is 0. The van der Waals surface area contributed by atoms with Crippen LogP contribution in [0.15, 0.2) is 89.5 Å². The number of nitrogens with zero attached hydrogens (tertiary/aromatic N) is 3. The molecule has 1 saturated heterocycles. The molecule has 36 heavy (non-hydrogen) atoms. The van der Waals surface area contributed by atoms with Crippen LogP contribution in [0, 0.1) is 0 Å². The van der Waals surface area contributed by atoms with Crippen molar-refractivity contribution in [3.8, 4) is 5.75 Å². The van der Waals surface area contributed by atoms with Gasteiger partial charge in [0.15, 0.2) is 5.76 Å². The smallest absolute Gasteiger partial charge is 0.289 e. The van der Waals surface area contributed by atoms with Crippen molar-refractivity contribution in [1.82, 2.24) is 9.80 Å². The van der Waals surface area contributed by atoms with E-state index in [-0.39, 0.29) is 5.91 Å². The van der Waals surface area contributed by atoms with Crippen LogP contribution in [0.4, 0.5) is 5.69 Å². The van der Waals surface area contributed by atoms with Gasteiger partial charge in [-0.2, -0.15) is 0 Å². The van der Waals surface area contributed by atoms with E-state index in [4.69, 9.17) is 9.15 Å². The molecule has 1 fully saturated rings. The topological polar surface area (TPSA) is 49.2 Å². The third-order valence-corrected chi connectivity index (χ3v) is 6.83. The monoisotopic (exact) mass is 483 g/mol. The summed E-state index contributed by atoms with van der Waals surface area (Å²) in [6.45, 7) is 8.50. The highest BCUT2D eigenvalue weighted by Crippen LogP contribution is 2.28. The Labute approximate surface area is 212 Å². The molecule has 0 spiro atoms. The third-order valence-electron chi connectivity index (χ3n) is 6.83. The molecule has 1 aromatic heterocycles. The number of rotatable bonds is 9. The lowest BCUT2D eigenvalue weighted by molar-refractivity contribution is 0.0590. The van der Waals surface area contributed by atoms with E-state index in [9.17, 15) is 4.79 Å². The van der Waals surface area contributed by atoms with Gasteiger partial charge in [0.05, 0.1) is 6.26 Å². The second-order valence-corrected chi connectivity index (χ2v) is 9.12. The van der Waals surface area contributed by atoms with Crippen molar-refractivity contribution in [2.45, 2.75) is 13.5 Å². The Bertz CT molecular complexity index is 1270. The molecule has 2 heterocycles. The number of carbonyl (C=O) groups is 1.